The Morgan fingerprint density at radius 1 is 1.39 bits per heavy atom. The van der Waals surface area contributed by atoms with E-state index >= 15 is 0 Å². The number of anilines is 1. The lowest BCUT2D eigenvalue weighted by Gasteiger charge is -2.77. The molecule has 2 bridgehead atoms. The third kappa shape index (κ3) is 1.71. The van der Waals surface area contributed by atoms with Crippen molar-refractivity contribution in [3.05, 3.63) is 29.8 Å². The first kappa shape index (κ1) is 16.2. The Hall–Kier alpha value is -1.65. The number of benzene rings is 1. The van der Waals surface area contributed by atoms with E-state index in [2.05, 4.69) is 23.9 Å². The molecule has 0 aliphatic heterocycles. The molecule has 3 fully saturated rings. The predicted octanol–water partition coefficient (Wildman–Crippen LogP) is 4.06. The van der Waals surface area contributed by atoms with E-state index in [0.717, 1.165) is 11.3 Å². The molecule has 0 spiro atoms. The molecule has 0 radical (unpaired) electrons. The van der Waals surface area contributed by atoms with E-state index in [4.69, 9.17) is 0 Å². The Morgan fingerprint density at radius 2 is 2.04 bits per heavy atom. The summed E-state index contributed by atoms with van der Waals surface area (Å²) in [4.78, 5) is 11.8. The fourth-order valence-electron chi connectivity index (χ4n) is 4.47. The van der Waals surface area contributed by atoms with Crippen LogP contribution in [0, 0.1) is 16.7 Å². The molecule has 3 aliphatic carbocycles. The smallest absolute Gasteiger partial charge is 0.318 e. The van der Waals surface area contributed by atoms with Gasteiger partial charge in [0.1, 0.15) is 5.41 Å². The van der Waals surface area contributed by atoms with Crippen LogP contribution in [-0.2, 0) is 9.53 Å². The number of hydrogen-bond acceptors (Lipinski definition) is 3. The lowest BCUT2D eigenvalue weighted by Crippen LogP contribution is -2.88. The van der Waals surface area contributed by atoms with Crippen LogP contribution >= 0.6 is 0 Å². The third-order valence-corrected chi connectivity index (χ3v) is 6.07. The fraction of sp³-hybridized carbons (Fsp3) is 0.611. The number of carbonyl (C=O) groups is 1. The van der Waals surface area contributed by atoms with E-state index in [1.165, 1.54) is 7.11 Å². The van der Waals surface area contributed by atoms with Crippen LogP contribution in [0.15, 0.2) is 24.3 Å². The molecule has 5 heteroatoms. The van der Waals surface area contributed by atoms with Crippen LogP contribution < -0.4 is 5.32 Å². The molecule has 3 nitrogen and oxygen atoms in total. The molecular formula is C18H23F2NO2. The average molecular weight is 323 g/mol. The maximum atomic E-state index is 14.6. The second-order valence-electron chi connectivity index (χ2n) is 7.19. The third-order valence-electron chi connectivity index (χ3n) is 6.07. The first-order valence-corrected chi connectivity index (χ1v) is 8.03. The van der Waals surface area contributed by atoms with E-state index in [1.807, 2.05) is 24.3 Å². The van der Waals surface area contributed by atoms with Crippen LogP contribution in [0.2, 0.25) is 0 Å². The molecule has 0 saturated heterocycles. The minimum absolute atomic E-state index is 0.170. The van der Waals surface area contributed by atoms with Gasteiger partial charge in [-0.2, -0.15) is 0 Å². The minimum Gasteiger partial charge on any atom is -0.468 e. The number of alkyl halides is 2. The summed E-state index contributed by atoms with van der Waals surface area (Å²) in [5.41, 5.74) is -0.758. The highest BCUT2D eigenvalue weighted by Gasteiger charge is 2.95. The van der Waals surface area contributed by atoms with Crippen molar-refractivity contribution < 1.29 is 18.3 Å². The van der Waals surface area contributed by atoms with Crippen molar-refractivity contribution in [3.63, 3.8) is 0 Å². The molecule has 4 rings (SSSR count). The van der Waals surface area contributed by atoms with Crippen molar-refractivity contribution in [2.45, 2.75) is 39.0 Å². The standard InChI is InChI=1S/C18H23F2NO2/c1-11(2)13-7-5-6-8-14(13)21-10-16-9-17(12(16)3,15(22)23-4)18(16,19)20/h5-8,11-12,21H,9-10H2,1-4H3/t12-,16?,17?/m0/s1. The zero-order chi connectivity index (χ0) is 17.0. The van der Waals surface area contributed by atoms with E-state index in [9.17, 15) is 13.6 Å². The normalized spacial score (nSPS) is 33.6. The summed E-state index contributed by atoms with van der Waals surface area (Å²) >= 11 is 0. The molecule has 1 aromatic carbocycles. The van der Waals surface area contributed by atoms with Crippen LogP contribution in [-0.4, -0.2) is 25.5 Å². The highest BCUT2D eigenvalue weighted by molar-refractivity contribution is 5.84. The maximum absolute atomic E-state index is 14.6. The van der Waals surface area contributed by atoms with E-state index < -0.39 is 22.7 Å². The first-order valence-electron chi connectivity index (χ1n) is 8.03. The Balaban J connectivity index is 1.78. The van der Waals surface area contributed by atoms with Crippen LogP contribution in [0.1, 0.15) is 38.7 Å². The van der Waals surface area contributed by atoms with Gasteiger partial charge in [-0.1, -0.05) is 39.0 Å². The van der Waals surface area contributed by atoms with Crippen molar-refractivity contribution in [1.29, 1.82) is 0 Å². The Labute approximate surface area is 135 Å². The van der Waals surface area contributed by atoms with Gasteiger partial charge in [0, 0.05) is 12.2 Å². The lowest BCUT2D eigenvalue weighted by molar-refractivity contribution is -0.430. The van der Waals surface area contributed by atoms with Crippen molar-refractivity contribution in [2.75, 3.05) is 19.0 Å². The van der Waals surface area contributed by atoms with Gasteiger partial charge in [-0.25, -0.2) is 8.78 Å². The lowest BCUT2D eigenvalue weighted by atomic mass is 9.26. The van der Waals surface area contributed by atoms with Crippen LogP contribution in [0.5, 0.6) is 0 Å². The molecule has 3 aliphatic rings. The maximum Gasteiger partial charge on any atom is 0.318 e. The summed E-state index contributed by atoms with van der Waals surface area (Å²) in [7, 11) is 1.18. The van der Waals surface area contributed by atoms with Crippen molar-refractivity contribution >= 4 is 11.7 Å². The fourth-order valence-corrected chi connectivity index (χ4v) is 4.47. The molecule has 1 aromatic rings. The van der Waals surface area contributed by atoms with Gasteiger partial charge >= 0.3 is 5.97 Å². The molecule has 2 unspecified atom stereocenters. The number of rotatable bonds is 5. The zero-order valence-electron chi connectivity index (χ0n) is 14.0. The first-order chi connectivity index (χ1) is 10.7. The molecular weight excluding hydrogens is 300 g/mol. The summed E-state index contributed by atoms with van der Waals surface area (Å²) in [6.45, 7) is 6.05. The molecule has 3 atom stereocenters. The number of esters is 1. The van der Waals surface area contributed by atoms with Crippen molar-refractivity contribution in [1.82, 2.24) is 0 Å². The number of para-hydroxylation sites is 1. The van der Waals surface area contributed by atoms with Gasteiger partial charge in [0.2, 0.25) is 0 Å². The number of nitrogens with one attached hydrogen (secondary N) is 1. The Bertz CT molecular complexity index is 646. The second kappa shape index (κ2) is 4.92. The van der Waals surface area contributed by atoms with Gasteiger partial charge in [0.15, 0.2) is 0 Å². The highest BCUT2D eigenvalue weighted by atomic mass is 19.3. The Kier molecular flexibility index (Phi) is 3.47. The van der Waals surface area contributed by atoms with Gasteiger partial charge in [-0.15, -0.1) is 0 Å². The van der Waals surface area contributed by atoms with Gasteiger partial charge < -0.3 is 10.1 Å². The average Bonchev–Trinajstić information content (AvgIpc) is 2.53. The van der Waals surface area contributed by atoms with Gasteiger partial charge in [-0.05, 0) is 29.9 Å². The summed E-state index contributed by atoms with van der Waals surface area (Å²) in [5.74, 6) is -3.85. The largest absolute Gasteiger partial charge is 0.468 e. The number of halogens is 2. The van der Waals surface area contributed by atoms with Crippen LogP contribution in [0.25, 0.3) is 0 Å². The molecule has 0 aromatic heterocycles. The monoisotopic (exact) mass is 323 g/mol. The van der Waals surface area contributed by atoms with Crippen molar-refractivity contribution in [2.24, 2.45) is 16.7 Å². The minimum atomic E-state index is -3.01. The summed E-state index contributed by atoms with van der Waals surface area (Å²) < 4.78 is 33.8. The van der Waals surface area contributed by atoms with E-state index in [1.54, 1.807) is 6.92 Å². The van der Waals surface area contributed by atoms with Gasteiger partial charge in [0.25, 0.3) is 5.92 Å². The number of carbonyl (C=O) groups excluding carboxylic acids is 1. The predicted molar refractivity (Wildman–Crippen MR) is 84.6 cm³/mol. The quantitative estimate of drug-likeness (QED) is 0.831. The van der Waals surface area contributed by atoms with Gasteiger partial charge in [-0.3, -0.25) is 4.79 Å². The van der Waals surface area contributed by atoms with Crippen LogP contribution in [0.4, 0.5) is 14.5 Å². The van der Waals surface area contributed by atoms with E-state index in [-0.39, 0.29) is 18.9 Å². The molecule has 126 valence electrons. The molecule has 23 heavy (non-hydrogen) atoms. The SMILES string of the molecule is COC(=O)C12CC(CNc3ccccc3C(C)C)([C@@H]1C)C2(F)F. The van der Waals surface area contributed by atoms with E-state index in [0.29, 0.717) is 5.92 Å². The molecule has 0 amide bonds. The van der Waals surface area contributed by atoms with Crippen LogP contribution in [0.3, 0.4) is 0 Å². The summed E-state index contributed by atoms with van der Waals surface area (Å²) in [6, 6.07) is 7.77. The number of methoxy groups -OCH3 is 1. The summed E-state index contributed by atoms with van der Waals surface area (Å²) in [5, 5.41) is 3.20. The number of ether oxygens (including phenoxy) is 1. The highest BCUT2D eigenvalue weighted by Crippen LogP contribution is 2.84. The van der Waals surface area contributed by atoms with Crippen molar-refractivity contribution in [3.8, 4) is 0 Å². The molecule has 1 N–H and O–H groups in total. The molecule has 3 saturated carbocycles. The van der Waals surface area contributed by atoms with Gasteiger partial charge in [0.05, 0.1) is 12.5 Å². The Morgan fingerprint density at radius 3 is 2.57 bits per heavy atom. The zero-order valence-corrected chi connectivity index (χ0v) is 14.0. The number of hydrogen-bond donors (Lipinski definition) is 1. The topological polar surface area (TPSA) is 38.3 Å². The summed E-state index contributed by atoms with van der Waals surface area (Å²) in [6.07, 6.45) is 0.192. The molecule has 0 heterocycles. The second-order valence-corrected chi connectivity index (χ2v) is 7.19.